The monoisotopic (exact) mass is 329 g/mol. The Labute approximate surface area is 141 Å². The molecule has 3 nitrogen and oxygen atoms in total. The van der Waals surface area contributed by atoms with E-state index in [0.29, 0.717) is 0 Å². The van der Waals surface area contributed by atoms with Crippen molar-refractivity contribution < 1.29 is 9.53 Å². The van der Waals surface area contributed by atoms with Gasteiger partial charge in [-0.15, -0.1) is 0 Å². The maximum Gasteiger partial charge on any atom is 0.167 e. The summed E-state index contributed by atoms with van der Waals surface area (Å²) in [6, 6.07) is 15.2. The van der Waals surface area contributed by atoms with Crippen LogP contribution in [0.5, 0.6) is 5.75 Å². The van der Waals surface area contributed by atoms with Crippen molar-refractivity contribution in [3.05, 3.63) is 64.7 Å². The number of carbonyl (C=O) groups is 1. The Kier molecular flexibility index (Phi) is 4.69. The molecule has 4 heteroatoms. The van der Waals surface area contributed by atoms with E-state index in [1.54, 1.807) is 7.11 Å². The summed E-state index contributed by atoms with van der Waals surface area (Å²) in [5, 5.41) is 0.720. The summed E-state index contributed by atoms with van der Waals surface area (Å²) in [4.78, 5) is 15.2. The predicted octanol–water partition coefficient (Wildman–Crippen LogP) is 3.88. The lowest BCUT2D eigenvalue weighted by Crippen LogP contribution is -2.22. The van der Waals surface area contributed by atoms with Gasteiger partial charge >= 0.3 is 0 Å². The van der Waals surface area contributed by atoms with Crippen LogP contribution in [0, 0.1) is 5.92 Å². The zero-order valence-electron chi connectivity index (χ0n) is 13.3. The van der Waals surface area contributed by atoms with Crippen molar-refractivity contribution in [2.45, 2.75) is 5.92 Å². The van der Waals surface area contributed by atoms with Gasteiger partial charge in [0.25, 0.3) is 0 Å². The molecule has 0 radical (unpaired) electrons. The van der Waals surface area contributed by atoms with Gasteiger partial charge in [0, 0.05) is 35.5 Å². The second-order valence-electron chi connectivity index (χ2n) is 6.08. The molecular formula is C19H20ClNO2. The molecular weight excluding hydrogens is 310 g/mol. The van der Waals surface area contributed by atoms with Crippen molar-refractivity contribution in [1.29, 1.82) is 0 Å². The van der Waals surface area contributed by atoms with Gasteiger partial charge in [0.15, 0.2) is 5.78 Å². The molecule has 0 N–H and O–H groups in total. The summed E-state index contributed by atoms with van der Waals surface area (Å²) in [5.74, 6) is 1.12. The number of benzene rings is 2. The maximum atomic E-state index is 12.9. The fraction of sp³-hybridized carbons (Fsp3) is 0.316. The Bertz CT molecular complexity index is 682. The molecule has 1 fully saturated rings. The van der Waals surface area contributed by atoms with Crippen LogP contribution in [0.25, 0.3) is 0 Å². The standard InChI is InChI=1S/C19H20ClNO2/c1-21-11-17(13-3-7-15(20)8-4-13)18(12-21)19(22)14-5-9-16(23-2)10-6-14/h3-10,17-18H,11-12H2,1-2H3/t17-,18+/m0/s1. The van der Waals surface area contributed by atoms with E-state index in [2.05, 4.69) is 11.9 Å². The highest BCUT2D eigenvalue weighted by molar-refractivity contribution is 6.30. The summed E-state index contributed by atoms with van der Waals surface area (Å²) in [6.45, 7) is 1.66. The van der Waals surface area contributed by atoms with Gasteiger partial charge < -0.3 is 9.64 Å². The smallest absolute Gasteiger partial charge is 0.167 e. The van der Waals surface area contributed by atoms with Crippen molar-refractivity contribution >= 4 is 17.4 Å². The van der Waals surface area contributed by atoms with E-state index in [9.17, 15) is 4.79 Å². The number of Topliss-reactive ketones (excluding diaryl/α,β-unsaturated/α-hetero) is 1. The first-order chi connectivity index (χ1) is 11.1. The molecule has 0 aromatic heterocycles. The molecule has 0 spiro atoms. The van der Waals surface area contributed by atoms with E-state index in [1.165, 1.54) is 5.56 Å². The minimum atomic E-state index is -0.0328. The SMILES string of the molecule is COc1ccc(C(=O)[C@@H]2CN(C)C[C@H]2c2ccc(Cl)cc2)cc1. The van der Waals surface area contributed by atoms with Crippen LogP contribution in [0.1, 0.15) is 21.8 Å². The van der Waals surface area contributed by atoms with E-state index >= 15 is 0 Å². The van der Waals surface area contributed by atoms with Crippen LogP contribution in [-0.2, 0) is 0 Å². The highest BCUT2D eigenvalue weighted by Crippen LogP contribution is 2.34. The van der Waals surface area contributed by atoms with Gasteiger partial charge in [-0.2, -0.15) is 0 Å². The Morgan fingerprint density at radius 2 is 1.74 bits per heavy atom. The molecule has 1 aliphatic rings. The number of likely N-dealkylation sites (N-methyl/N-ethyl adjacent to an activating group) is 1. The van der Waals surface area contributed by atoms with Crippen LogP contribution in [0.4, 0.5) is 0 Å². The highest BCUT2D eigenvalue weighted by Gasteiger charge is 2.37. The number of methoxy groups -OCH3 is 1. The van der Waals surface area contributed by atoms with Crippen LogP contribution in [0.3, 0.4) is 0 Å². The molecule has 120 valence electrons. The number of likely N-dealkylation sites (tertiary alicyclic amines) is 1. The van der Waals surface area contributed by atoms with Crippen LogP contribution in [0.2, 0.25) is 5.02 Å². The highest BCUT2D eigenvalue weighted by atomic mass is 35.5. The molecule has 0 amide bonds. The quantitative estimate of drug-likeness (QED) is 0.797. The van der Waals surface area contributed by atoms with E-state index in [1.807, 2.05) is 48.5 Å². The third-order valence-electron chi connectivity index (χ3n) is 4.51. The van der Waals surface area contributed by atoms with Gasteiger partial charge in [-0.05, 0) is 49.0 Å². The second kappa shape index (κ2) is 6.73. The maximum absolute atomic E-state index is 12.9. The lowest BCUT2D eigenvalue weighted by molar-refractivity contribution is 0.0915. The topological polar surface area (TPSA) is 29.5 Å². The van der Waals surface area contributed by atoms with E-state index in [-0.39, 0.29) is 17.6 Å². The van der Waals surface area contributed by atoms with Gasteiger partial charge in [-0.3, -0.25) is 4.79 Å². The first-order valence-corrected chi connectivity index (χ1v) is 8.08. The summed E-state index contributed by atoms with van der Waals surface area (Å²) in [5.41, 5.74) is 1.91. The Hall–Kier alpha value is -1.84. The lowest BCUT2D eigenvalue weighted by atomic mass is 9.84. The number of carbonyl (C=O) groups excluding carboxylic acids is 1. The molecule has 1 saturated heterocycles. The third-order valence-corrected chi connectivity index (χ3v) is 4.76. The zero-order valence-corrected chi connectivity index (χ0v) is 14.1. The average Bonchev–Trinajstić information content (AvgIpc) is 2.97. The van der Waals surface area contributed by atoms with Crippen molar-refractivity contribution in [3.8, 4) is 5.75 Å². The molecule has 2 aromatic rings. The fourth-order valence-corrected chi connectivity index (χ4v) is 3.41. The predicted molar refractivity (Wildman–Crippen MR) is 92.5 cm³/mol. The van der Waals surface area contributed by atoms with Crippen LogP contribution >= 0.6 is 11.6 Å². The Morgan fingerprint density at radius 1 is 1.09 bits per heavy atom. The van der Waals surface area contributed by atoms with Gasteiger partial charge in [-0.25, -0.2) is 0 Å². The van der Waals surface area contributed by atoms with Gasteiger partial charge in [0.2, 0.25) is 0 Å². The molecule has 23 heavy (non-hydrogen) atoms. The summed E-state index contributed by atoms with van der Waals surface area (Å²) >= 11 is 5.98. The van der Waals surface area contributed by atoms with Crippen LogP contribution in [0.15, 0.2) is 48.5 Å². The summed E-state index contributed by atoms with van der Waals surface area (Å²) in [6.07, 6.45) is 0. The number of rotatable bonds is 4. The van der Waals surface area contributed by atoms with Crippen molar-refractivity contribution in [1.82, 2.24) is 4.90 Å². The zero-order chi connectivity index (χ0) is 16.4. The first kappa shape index (κ1) is 16.0. The molecule has 2 atom stereocenters. The largest absolute Gasteiger partial charge is 0.497 e. The molecule has 1 heterocycles. The van der Waals surface area contributed by atoms with Gasteiger partial charge in [0.1, 0.15) is 5.75 Å². The van der Waals surface area contributed by atoms with E-state index in [4.69, 9.17) is 16.3 Å². The number of halogens is 1. The summed E-state index contributed by atoms with van der Waals surface area (Å²) in [7, 11) is 3.68. The van der Waals surface area contributed by atoms with E-state index < -0.39 is 0 Å². The van der Waals surface area contributed by atoms with Crippen molar-refractivity contribution in [2.24, 2.45) is 5.92 Å². The van der Waals surface area contributed by atoms with E-state index in [0.717, 1.165) is 29.4 Å². The minimum absolute atomic E-state index is 0.0328. The molecule has 0 aliphatic carbocycles. The third kappa shape index (κ3) is 3.41. The number of ether oxygens (including phenoxy) is 1. The molecule has 3 rings (SSSR count). The molecule has 0 unspecified atom stereocenters. The fourth-order valence-electron chi connectivity index (χ4n) is 3.28. The van der Waals surface area contributed by atoms with Gasteiger partial charge in [0.05, 0.1) is 7.11 Å². The van der Waals surface area contributed by atoms with Crippen molar-refractivity contribution in [3.63, 3.8) is 0 Å². The average molecular weight is 330 g/mol. The minimum Gasteiger partial charge on any atom is -0.497 e. The lowest BCUT2D eigenvalue weighted by Gasteiger charge is -2.18. The Balaban J connectivity index is 1.86. The number of hydrogen-bond donors (Lipinski definition) is 0. The number of ketones is 1. The number of nitrogens with zero attached hydrogens (tertiary/aromatic N) is 1. The first-order valence-electron chi connectivity index (χ1n) is 7.71. The molecule has 0 bridgehead atoms. The summed E-state index contributed by atoms with van der Waals surface area (Å²) < 4.78 is 5.16. The van der Waals surface area contributed by atoms with Crippen molar-refractivity contribution in [2.75, 3.05) is 27.2 Å². The van der Waals surface area contributed by atoms with Gasteiger partial charge in [-0.1, -0.05) is 23.7 Å². The van der Waals surface area contributed by atoms with Crippen LogP contribution in [-0.4, -0.2) is 37.9 Å². The van der Waals surface area contributed by atoms with Crippen LogP contribution < -0.4 is 4.74 Å². The molecule has 1 aliphatic heterocycles. The second-order valence-corrected chi connectivity index (χ2v) is 6.51. The number of hydrogen-bond acceptors (Lipinski definition) is 3. The molecule has 0 saturated carbocycles. The normalized spacial score (nSPS) is 21.3. The molecule has 2 aromatic carbocycles. The Morgan fingerprint density at radius 3 is 2.35 bits per heavy atom.